The Hall–Kier alpha value is -2.38. The van der Waals surface area contributed by atoms with Crippen molar-refractivity contribution in [3.8, 4) is 0 Å². The number of anilines is 1. The predicted octanol–water partition coefficient (Wildman–Crippen LogP) is 4.22. The minimum Gasteiger partial charge on any atom is -0.469 e. The summed E-state index contributed by atoms with van der Waals surface area (Å²) in [5.74, 6) is -0.679. The Labute approximate surface area is 172 Å². The predicted molar refractivity (Wildman–Crippen MR) is 109 cm³/mol. The molecule has 0 fully saturated rings. The second kappa shape index (κ2) is 8.32. The summed E-state index contributed by atoms with van der Waals surface area (Å²) in [5, 5.41) is 4.60. The molecule has 2 aromatic carbocycles. The molecule has 0 saturated carbocycles. The highest BCUT2D eigenvalue weighted by Crippen LogP contribution is 2.39. The van der Waals surface area contributed by atoms with Crippen LogP contribution in [-0.4, -0.2) is 29.6 Å². The average Bonchev–Trinajstić information content (AvgIpc) is 2.75. The molecule has 2 aromatic rings. The van der Waals surface area contributed by atoms with Gasteiger partial charge in [-0.15, -0.1) is 0 Å². The number of carbonyl (C=O) groups is 2. The van der Waals surface area contributed by atoms with Gasteiger partial charge in [-0.2, -0.15) is 0 Å². The van der Waals surface area contributed by atoms with Crippen molar-refractivity contribution in [1.29, 1.82) is 0 Å². The van der Waals surface area contributed by atoms with Gasteiger partial charge < -0.3 is 10.1 Å². The number of rotatable bonds is 5. The number of hydrogen-bond donors (Lipinski definition) is 1. The first-order valence-electron chi connectivity index (χ1n) is 8.97. The molecule has 0 bridgehead atoms. The van der Waals surface area contributed by atoms with E-state index in [9.17, 15) is 9.59 Å². The van der Waals surface area contributed by atoms with Crippen molar-refractivity contribution in [3.05, 3.63) is 64.1 Å². The number of hydrogen-bond acceptors (Lipinski definition) is 5. The zero-order valence-corrected chi connectivity index (χ0v) is 17.7. The number of ether oxygens (including phenoxy) is 1. The zero-order chi connectivity index (χ0) is 20.3. The maximum Gasteiger partial charge on any atom is 0.308 e. The van der Waals surface area contributed by atoms with Gasteiger partial charge in [-0.1, -0.05) is 46.3 Å². The summed E-state index contributed by atoms with van der Waals surface area (Å²) in [5.41, 5.74) is 1.58. The molecule has 0 aromatic heterocycles. The Morgan fingerprint density at radius 2 is 1.93 bits per heavy atom. The number of amides is 1. The van der Waals surface area contributed by atoms with Gasteiger partial charge in [-0.3, -0.25) is 14.4 Å². The van der Waals surface area contributed by atoms with Crippen LogP contribution >= 0.6 is 15.9 Å². The second-order valence-electron chi connectivity index (χ2n) is 7.17. The highest BCUT2D eigenvalue weighted by molar-refractivity contribution is 9.10. The summed E-state index contributed by atoms with van der Waals surface area (Å²) in [6, 6.07) is 14.6. The van der Waals surface area contributed by atoms with E-state index in [4.69, 9.17) is 9.57 Å². The Kier molecular flexibility index (Phi) is 6.05. The lowest BCUT2D eigenvalue weighted by atomic mass is 10.0. The molecule has 3 rings (SSSR count). The molecule has 7 heteroatoms. The molecular formula is C21H23BrN2O4. The van der Waals surface area contributed by atoms with Gasteiger partial charge in [0.2, 0.25) is 0 Å². The number of fused-ring (bicyclic) bond motifs is 1. The Bertz CT molecular complexity index is 870. The van der Waals surface area contributed by atoms with Crippen LogP contribution in [-0.2, 0) is 25.8 Å². The lowest BCUT2D eigenvalue weighted by Crippen LogP contribution is -2.49. The molecule has 0 spiro atoms. The SMILES string of the molecule is COC(=O)CC1c2cc(Br)ccc2NC(C)(C)C(=O)N1OCc1ccccc1. The molecule has 1 atom stereocenters. The molecule has 1 unspecified atom stereocenters. The summed E-state index contributed by atoms with van der Waals surface area (Å²) < 4.78 is 5.72. The van der Waals surface area contributed by atoms with Crippen molar-refractivity contribution >= 4 is 33.5 Å². The highest BCUT2D eigenvalue weighted by Gasteiger charge is 2.42. The van der Waals surface area contributed by atoms with Crippen molar-refractivity contribution in [2.45, 2.75) is 38.5 Å². The van der Waals surface area contributed by atoms with Gasteiger partial charge in [0.25, 0.3) is 5.91 Å². The monoisotopic (exact) mass is 446 g/mol. The number of methoxy groups -OCH3 is 1. The minimum absolute atomic E-state index is 0.0156. The average molecular weight is 447 g/mol. The van der Waals surface area contributed by atoms with E-state index in [1.54, 1.807) is 13.8 Å². The third kappa shape index (κ3) is 4.36. The first-order chi connectivity index (χ1) is 13.3. The summed E-state index contributed by atoms with van der Waals surface area (Å²) in [4.78, 5) is 31.4. The molecule has 1 heterocycles. The van der Waals surface area contributed by atoms with Gasteiger partial charge in [-0.25, -0.2) is 5.06 Å². The van der Waals surface area contributed by atoms with Crippen molar-refractivity contribution in [3.63, 3.8) is 0 Å². The van der Waals surface area contributed by atoms with Crippen LogP contribution < -0.4 is 5.32 Å². The fourth-order valence-corrected chi connectivity index (χ4v) is 3.54. The molecule has 148 valence electrons. The Balaban J connectivity index is 2.02. The molecule has 0 saturated heterocycles. The lowest BCUT2D eigenvalue weighted by molar-refractivity contribution is -0.212. The van der Waals surface area contributed by atoms with E-state index in [-0.39, 0.29) is 18.9 Å². The second-order valence-corrected chi connectivity index (χ2v) is 8.08. The molecule has 28 heavy (non-hydrogen) atoms. The number of esters is 1. The van der Waals surface area contributed by atoms with Crippen molar-refractivity contribution in [2.24, 2.45) is 0 Å². The summed E-state index contributed by atoms with van der Waals surface area (Å²) >= 11 is 3.48. The van der Waals surface area contributed by atoms with Crippen molar-refractivity contribution in [1.82, 2.24) is 5.06 Å². The maximum atomic E-state index is 13.3. The fourth-order valence-electron chi connectivity index (χ4n) is 3.16. The number of benzene rings is 2. The van der Waals surface area contributed by atoms with Crippen LogP contribution in [0, 0.1) is 0 Å². The molecule has 0 radical (unpaired) electrons. The zero-order valence-electron chi connectivity index (χ0n) is 16.1. The molecule has 1 N–H and O–H groups in total. The van der Waals surface area contributed by atoms with Gasteiger partial charge >= 0.3 is 5.97 Å². The molecule has 1 aliphatic rings. The van der Waals surface area contributed by atoms with E-state index in [0.717, 1.165) is 21.3 Å². The Morgan fingerprint density at radius 3 is 2.61 bits per heavy atom. The van der Waals surface area contributed by atoms with E-state index in [1.807, 2.05) is 48.5 Å². The number of nitrogens with zero attached hydrogens (tertiary/aromatic N) is 1. The largest absolute Gasteiger partial charge is 0.469 e. The van der Waals surface area contributed by atoms with Crippen LogP contribution in [0.2, 0.25) is 0 Å². The fraction of sp³-hybridized carbons (Fsp3) is 0.333. The van der Waals surface area contributed by atoms with Crippen LogP contribution in [0.4, 0.5) is 5.69 Å². The van der Waals surface area contributed by atoms with Gasteiger partial charge in [0, 0.05) is 15.7 Å². The van der Waals surface area contributed by atoms with E-state index < -0.39 is 17.6 Å². The third-order valence-corrected chi connectivity index (χ3v) is 5.13. The molecule has 1 amide bonds. The highest BCUT2D eigenvalue weighted by atomic mass is 79.9. The molecule has 1 aliphatic heterocycles. The third-order valence-electron chi connectivity index (χ3n) is 4.64. The molecule has 6 nitrogen and oxygen atoms in total. The topological polar surface area (TPSA) is 67.9 Å². The van der Waals surface area contributed by atoms with E-state index in [1.165, 1.54) is 12.2 Å². The van der Waals surface area contributed by atoms with Crippen molar-refractivity contribution < 1.29 is 19.2 Å². The quantitative estimate of drug-likeness (QED) is 0.696. The van der Waals surface area contributed by atoms with E-state index in [2.05, 4.69) is 21.2 Å². The smallest absolute Gasteiger partial charge is 0.308 e. The minimum atomic E-state index is -0.913. The van der Waals surface area contributed by atoms with Gasteiger partial charge in [0.1, 0.15) is 12.1 Å². The first-order valence-corrected chi connectivity index (χ1v) is 9.76. The Morgan fingerprint density at radius 1 is 1.21 bits per heavy atom. The summed E-state index contributed by atoms with van der Waals surface area (Å²) in [6.45, 7) is 3.80. The van der Waals surface area contributed by atoms with Crippen LogP contribution in [0.5, 0.6) is 0 Å². The van der Waals surface area contributed by atoms with Gasteiger partial charge in [0.15, 0.2) is 0 Å². The normalized spacial score (nSPS) is 18.1. The number of halogens is 1. The summed E-state index contributed by atoms with van der Waals surface area (Å²) in [7, 11) is 1.33. The number of hydroxylamine groups is 2. The van der Waals surface area contributed by atoms with Crippen molar-refractivity contribution in [2.75, 3.05) is 12.4 Å². The lowest BCUT2D eigenvalue weighted by Gasteiger charge is -2.32. The molecular weight excluding hydrogens is 424 g/mol. The van der Waals surface area contributed by atoms with Gasteiger partial charge in [-0.05, 0) is 37.6 Å². The van der Waals surface area contributed by atoms with Crippen LogP contribution in [0.3, 0.4) is 0 Å². The van der Waals surface area contributed by atoms with E-state index in [0.29, 0.717) is 0 Å². The first kappa shape index (κ1) is 20.4. The van der Waals surface area contributed by atoms with Gasteiger partial charge in [0.05, 0.1) is 19.6 Å². The maximum absolute atomic E-state index is 13.3. The van der Waals surface area contributed by atoms with Crippen LogP contribution in [0.25, 0.3) is 0 Å². The number of nitrogens with one attached hydrogen (secondary N) is 1. The van der Waals surface area contributed by atoms with E-state index >= 15 is 0 Å². The summed E-state index contributed by atoms with van der Waals surface area (Å²) in [6.07, 6.45) is -0.0156. The van der Waals surface area contributed by atoms with Crippen LogP contribution in [0.15, 0.2) is 53.0 Å². The molecule has 0 aliphatic carbocycles. The standard InChI is InChI=1S/C21H23BrN2O4/c1-21(2)20(26)24(28-13-14-7-5-4-6-8-14)18(12-19(25)27-3)16-11-15(22)9-10-17(16)23-21/h4-11,18,23H,12-13H2,1-3H3. The number of carbonyl (C=O) groups excluding carboxylic acids is 2. The van der Waals surface area contributed by atoms with Crippen LogP contribution in [0.1, 0.15) is 37.4 Å².